The van der Waals surface area contributed by atoms with Gasteiger partial charge in [0.1, 0.15) is 11.4 Å². The first kappa shape index (κ1) is 22.1. The van der Waals surface area contributed by atoms with E-state index in [9.17, 15) is 0 Å². The molecule has 0 heterocycles. The van der Waals surface area contributed by atoms with Crippen LogP contribution >= 0.6 is 0 Å². The summed E-state index contributed by atoms with van der Waals surface area (Å²) >= 11 is 0. The molecule has 0 radical (unpaired) electrons. The molecule has 3 rings (SSSR count). The molecule has 3 nitrogen and oxygen atoms in total. The van der Waals surface area contributed by atoms with Gasteiger partial charge < -0.3 is 14.5 Å². The van der Waals surface area contributed by atoms with Crippen molar-refractivity contribution in [2.24, 2.45) is 0 Å². The van der Waals surface area contributed by atoms with Gasteiger partial charge in [-0.05, 0) is 81.4 Å². The van der Waals surface area contributed by atoms with Gasteiger partial charge in [0.05, 0.1) is 10.9 Å². The molecule has 0 fully saturated rings. The van der Waals surface area contributed by atoms with Crippen LogP contribution in [0.1, 0.15) is 20.8 Å². The smallest absolute Gasteiger partial charge is 0.170 e. The molecule has 30 heavy (non-hydrogen) atoms. The number of hydrogen-bond donors (Lipinski definition) is 0. The molecule has 0 unspecified atom stereocenters. The van der Waals surface area contributed by atoms with Crippen LogP contribution < -0.4 is 14.5 Å². The van der Waals surface area contributed by atoms with E-state index in [4.69, 9.17) is 4.74 Å². The van der Waals surface area contributed by atoms with Crippen LogP contribution in [0.2, 0.25) is 0 Å². The third kappa shape index (κ3) is 5.51. The van der Waals surface area contributed by atoms with E-state index in [0.717, 1.165) is 5.75 Å². The number of hydrogen-bond acceptors (Lipinski definition) is 3. The SMILES string of the molecule is CN(C)c1ccc([S+](c2ccc(N(C)C)cc2)c2cccc(OC(C)(C)C)c2)cc1. The summed E-state index contributed by atoms with van der Waals surface area (Å²) in [5.74, 6) is 0.910. The van der Waals surface area contributed by atoms with Crippen molar-refractivity contribution in [3.05, 3.63) is 72.8 Å². The van der Waals surface area contributed by atoms with Gasteiger partial charge in [-0.2, -0.15) is 0 Å². The van der Waals surface area contributed by atoms with Crippen LogP contribution in [-0.4, -0.2) is 33.8 Å². The van der Waals surface area contributed by atoms with E-state index in [1.165, 1.54) is 26.1 Å². The highest BCUT2D eigenvalue weighted by Gasteiger charge is 2.29. The number of anilines is 2. The number of benzene rings is 3. The predicted molar refractivity (Wildman–Crippen MR) is 131 cm³/mol. The van der Waals surface area contributed by atoms with Crippen molar-refractivity contribution in [2.45, 2.75) is 41.1 Å². The predicted octanol–water partition coefficient (Wildman–Crippen LogP) is 6.09. The Hall–Kier alpha value is -2.59. The molecule has 0 aliphatic heterocycles. The molecule has 0 saturated carbocycles. The minimum Gasteiger partial charge on any atom is -0.488 e. The topological polar surface area (TPSA) is 15.7 Å². The van der Waals surface area contributed by atoms with Crippen molar-refractivity contribution < 1.29 is 4.74 Å². The van der Waals surface area contributed by atoms with E-state index >= 15 is 0 Å². The van der Waals surface area contributed by atoms with Crippen LogP contribution in [-0.2, 0) is 10.9 Å². The van der Waals surface area contributed by atoms with E-state index in [-0.39, 0.29) is 16.5 Å². The standard InChI is InChI=1S/C26H33N2OS/c1-26(2,3)29-22-9-8-10-25(19-22)30(23-15-11-20(12-16-23)27(4)5)24-17-13-21(14-18-24)28(6)7/h8-19H,1-7H3/q+1. The second kappa shape index (κ2) is 9.05. The lowest BCUT2D eigenvalue weighted by Gasteiger charge is -2.21. The Bertz CT molecular complexity index is 906. The molecule has 0 N–H and O–H groups in total. The van der Waals surface area contributed by atoms with Crippen molar-refractivity contribution in [1.29, 1.82) is 0 Å². The van der Waals surface area contributed by atoms with Crippen molar-refractivity contribution in [2.75, 3.05) is 38.0 Å². The third-order valence-electron chi connectivity index (χ3n) is 4.64. The highest BCUT2D eigenvalue weighted by Crippen LogP contribution is 2.35. The molecule has 0 atom stereocenters. The second-order valence-electron chi connectivity index (χ2n) is 8.77. The first-order valence-electron chi connectivity index (χ1n) is 10.2. The maximum atomic E-state index is 6.16. The highest BCUT2D eigenvalue weighted by molar-refractivity contribution is 7.97. The van der Waals surface area contributed by atoms with Gasteiger partial charge in [-0.15, -0.1) is 0 Å². The van der Waals surface area contributed by atoms with Crippen LogP contribution in [0.5, 0.6) is 5.75 Å². The van der Waals surface area contributed by atoms with Gasteiger partial charge >= 0.3 is 0 Å². The van der Waals surface area contributed by atoms with Crippen LogP contribution in [0, 0.1) is 0 Å². The van der Waals surface area contributed by atoms with E-state index in [1.807, 2.05) is 6.07 Å². The molecule has 0 aromatic heterocycles. The molecule has 0 spiro atoms. The summed E-state index contributed by atoms with van der Waals surface area (Å²) in [6.45, 7) is 6.25. The average molecular weight is 422 g/mol. The Morgan fingerprint density at radius 3 is 1.50 bits per heavy atom. The molecule has 3 aromatic carbocycles. The first-order chi connectivity index (χ1) is 14.1. The Kier molecular flexibility index (Phi) is 6.67. The zero-order valence-corrected chi connectivity index (χ0v) is 20.0. The molecule has 3 aromatic rings. The Balaban J connectivity index is 2.06. The molecule has 4 heteroatoms. The Labute approximate surface area is 184 Å². The van der Waals surface area contributed by atoms with Crippen molar-refractivity contribution in [3.8, 4) is 5.75 Å². The van der Waals surface area contributed by atoms with Gasteiger partial charge in [-0.3, -0.25) is 0 Å². The van der Waals surface area contributed by atoms with Crippen LogP contribution in [0.4, 0.5) is 11.4 Å². The number of ether oxygens (including phenoxy) is 1. The molecule has 158 valence electrons. The quantitative estimate of drug-likeness (QED) is 0.448. The molecule has 0 bridgehead atoms. The molecule has 0 saturated heterocycles. The molecular formula is C26H33N2OS+. The van der Waals surface area contributed by atoms with E-state index < -0.39 is 0 Å². The van der Waals surface area contributed by atoms with E-state index in [1.54, 1.807) is 0 Å². The first-order valence-corrected chi connectivity index (χ1v) is 11.4. The van der Waals surface area contributed by atoms with Gasteiger partial charge in [0.25, 0.3) is 0 Å². The lowest BCUT2D eigenvalue weighted by Crippen LogP contribution is -2.23. The monoisotopic (exact) mass is 421 g/mol. The molecular weight excluding hydrogens is 388 g/mol. The van der Waals surface area contributed by atoms with E-state index in [0.29, 0.717) is 0 Å². The van der Waals surface area contributed by atoms with Crippen molar-refractivity contribution in [1.82, 2.24) is 0 Å². The largest absolute Gasteiger partial charge is 0.488 e. The summed E-state index contributed by atoms with van der Waals surface area (Å²) in [6, 6.07) is 26.3. The fraction of sp³-hybridized carbons (Fsp3) is 0.308. The van der Waals surface area contributed by atoms with Crippen molar-refractivity contribution >= 4 is 22.3 Å². The Morgan fingerprint density at radius 1 is 0.633 bits per heavy atom. The summed E-state index contributed by atoms with van der Waals surface area (Å²) < 4.78 is 6.16. The third-order valence-corrected chi connectivity index (χ3v) is 6.86. The highest BCUT2D eigenvalue weighted by atomic mass is 32.2. The van der Waals surface area contributed by atoms with Gasteiger partial charge in [0, 0.05) is 45.6 Å². The fourth-order valence-corrected chi connectivity index (χ4v) is 5.27. The summed E-state index contributed by atoms with van der Waals surface area (Å²) in [7, 11) is 8.07. The number of rotatable bonds is 6. The maximum absolute atomic E-state index is 6.16. The maximum Gasteiger partial charge on any atom is 0.170 e. The van der Waals surface area contributed by atoms with Gasteiger partial charge in [-0.1, -0.05) is 6.07 Å². The normalized spacial score (nSPS) is 11.5. The van der Waals surface area contributed by atoms with Crippen LogP contribution in [0.25, 0.3) is 0 Å². The minimum atomic E-state index is -0.224. The zero-order chi connectivity index (χ0) is 21.9. The lowest BCUT2D eigenvalue weighted by molar-refractivity contribution is 0.130. The molecule has 0 aliphatic rings. The average Bonchev–Trinajstić information content (AvgIpc) is 2.68. The summed E-state index contributed by atoms with van der Waals surface area (Å²) in [4.78, 5) is 8.11. The van der Waals surface area contributed by atoms with Gasteiger partial charge in [0.15, 0.2) is 14.7 Å². The zero-order valence-electron chi connectivity index (χ0n) is 19.1. The number of nitrogens with zero attached hydrogens (tertiary/aromatic N) is 2. The molecule has 0 amide bonds. The second-order valence-corrected chi connectivity index (χ2v) is 10.8. The van der Waals surface area contributed by atoms with E-state index in [2.05, 4.69) is 125 Å². The lowest BCUT2D eigenvalue weighted by atomic mass is 10.2. The summed E-state index contributed by atoms with van der Waals surface area (Å²) in [5, 5.41) is 0. The minimum absolute atomic E-state index is 0.213. The molecule has 0 aliphatic carbocycles. The summed E-state index contributed by atoms with van der Waals surface area (Å²) in [5.41, 5.74) is 2.18. The van der Waals surface area contributed by atoms with Gasteiger partial charge in [-0.25, -0.2) is 0 Å². The Morgan fingerprint density at radius 2 is 1.10 bits per heavy atom. The summed E-state index contributed by atoms with van der Waals surface area (Å²) in [6.07, 6.45) is 0. The van der Waals surface area contributed by atoms with Crippen molar-refractivity contribution in [3.63, 3.8) is 0 Å². The van der Waals surface area contributed by atoms with Gasteiger partial charge in [0.2, 0.25) is 0 Å². The van der Waals surface area contributed by atoms with Crippen LogP contribution in [0.3, 0.4) is 0 Å². The van der Waals surface area contributed by atoms with Crippen LogP contribution in [0.15, 0.2) is 87.5 Å². The fourth-order valence-electron chi connectivity index (χ4n) is 3.19.